The molecule has 4 heteroatoms. The van der Waals surface area contributed by atoms with Crippen molar-refractivity contribution in [3.05, 3.63) is 35.6 Å². The molecule has 0 saturated heterocycles. The third-order valence-corrected chi connectivity index (χ3v) is 2.27. The fourth-order valence-electron chi connectivity index (χ4n) is 1.45. The second-order valence-electron chi connectivity index (χ2n) is 3.37. The third-order valence-electron chi connectivity index (χ3n) is 2.27. The highest BCUT2D eigenvalue weighted by atomic mass is 19.1. The van der Waals surface area contributed by atoms with E-state index in [0.29, 0.717) is 24.9 Å². The van der Waals surface area contributed by atoms with Crippen LogP contribution in [0.3, 0.4) is 0 Å². The Balaban J connectivity index is 2.79. The summed E-state index contributed by atoms with van der Waals surface area (Å²) in [5.74, 6) is -1.84. The first-order chi connectivity index (χ1) is 7.15. The predicted octanol–water partition coefficient (Wildman–Crippen LogP) is 1.73. The quantitative estimate of drug-likeness (QED) is 0.779. The molecule has 1 aromatic rings. The lowest BCUT2D eigenvalue weighted by molar-refractivity contribution is -0.139. The summed E-state index contributed by atoms with van der Waals surface area (Å²) in [5.41, 5.74) is 5.95. The second kappa shape index (κ2) is 5.46. The highest BCUT2D eigenvalue weighted by Crippen LogP contribution is 2.21. The first-order valence-corrected chi connectivity index (χ1v) is 4.83. The van der Waals surface area contributed by atoms with Crippen molar-refractivity contribution < 1.29 is 14.3 Å². The summed E-state index contributed by atoms with van der Waals surface area (Å²) in [6.45, 7) is 0.463. The number of aliphatic carboxylic acids is 1. The van der Waals surface area contributed by atoms with Gasteiger partial charge >= 0.3 is 5.97 Å². The van der Waals surface area contributed by atoms with Crippen molar-refractivity contribution in [1.29, 1.82) is 0 Å². The zero-order valence-electron chi connectivity index (χ0n) is 8.32. The van der Waals surface area contributed by atoms with Crippen molar-refractivity contribution in [2.75, 3.05) is 6.54 Å². The average molecular weight is 211 g/mol. The molecular weight excluding hydrogens is 197 g/mol. The van der Waals surface area contributed by atoms with E-state index in [-0.39, 0.29) is 5.82 Å². The standard InChI is InChI=1S/C11H14FNO2/c12-9-5-3-8(4-6-9)10(11(14)15)2-1-7-13/h3-6,10H,1-2,7,13H2,(H,14,15). The number of hydrogen-bond acceptors (Lipinski definition) is 2. The van der Waals surface area contributed by atoms with Crippen molar-refractivity contribution >= 4 is 5.97 Å². The Morgan fingerprint density at radius 1 is 1.40 bits per heavy atom. The van der Waals surface area contributed by atoms with Crippen molar-refractivity contribution in [3.8, 4) is 0 Å². The predicted molar refractivity (Wildman–Crippen MR) is 55.1 cm³/mol. The Morgan fingerprint density at radius 3 is 2.47 bits per heavy atom. The van der Waals surface area contributed by atoms with Crippen LogP contribution in [0.5, 0.6) is 0 Å². The number of carbonyl (C=O) groups is 1. The van der Waals surface area contributed by atoms with Crippen LogP contribution in [0.2, 0.25) is 0 Å². The largest absolute Gasteiger partial charge is 0.481 e. The van der Waals surface area contributed by atoms with Gasteiger partial charge in [-0.2, -0.15) is 0 Å². The fraction of sp³-hybridized carbons (Fsp3) is 0.364. The molecule has 15 heavy (non-hydrogen) atoms. The van der Waals surface area contributed by atoms with Gasteiger partial charge in [-0.25, -0.2) is 4.39 Å². The fourth-order valence-corrected chi connectivity index (χ4v) is 1.45. The van der Waals surface area contributed by atoms with Gasteiger partial charge in [0, 0.05) is 0 Å². The van der Waals surface area contributed by atoms with Crippen molar-refractivity contribution in [1.82, 2.24) is 0 Å². The van der Waals surface area contributed by atoms with Crippen LogP contribution < -0.4 is 5.73 Å². The van der Waals surface area contributed by atoms with Crippen molar-refractivity contribution in [2.45, 2.75) is 18.8 Å². The van der Waals surface area contributed by atoms with Gasteiger partial charge in [0.05, 0.1) is 5.92 Å². The van der Waals surface area contributed by atoms with E-state index in [9.17, 15) is 9.18 Å². The van der Waals surface area contributed by atoms with E-state index in [1.165, 1.54) is 24.3 Å². The van der Waals surface area contributed by atoms with E-state index in [1.807, 2.05) is 0 Å². The van der Waals surface area contributed by atoms with Gasteiger partial charge in [-0.15, -0.1) is 0 Å². The monoisotopic (exact) mass is 211 g/mol. The van der Waals surface area contributed by atoms with Gasteiger partial charge in [-0.05, 0) is 37.1 Å². The molecule has 0 amide bonds. The molecule has 0 aliphatic heterocycles. The molecule has 0 aromatic heterocycles. The number of carboxylic acid groups (broad SMARTS) is 1. The normalized spacial score (nSPS) is 12.4. The summed E-state index contributed by atoms with van der Waals surface area (Å²) in [5, 5.41) is 8.99. The van der Waals surface area contributed by atoms with E-state index in [2.05, 4.69) is 0 Å². The minimum absolute atomic E-state index is 0.360. The highest BCUT2D eigenvalue weighted by molar-refractivity contribution is 5.75. The minimum atomic E-state index is -0.893. The van der Waals surface area contributed by atoms with Gasteiger partial charge in [-0.1, -0.05) is 12.1 Å². The van der Waals surface area contributed by atoms with E-state index in [4.69, 9.17) is 10.8 Å². The number of benzene rings is 1. The Kier molecular flexibility index (Phi) is 4.24. The Hall–Kier alpha value is -1.42. The molecule has 0 fully saturated rings. The van der Waals surface area contributed by atoms with Crippen LogP contribution in [-0.4, -0.2) is 17.6 Å². The number of halogens is 1. The zero-order valence-corrected chi connectivity index (χ0v) is 8.32. The van der Waals surface area contributed by atoms with Crippen molar-refractivity contribution in [3.63, 3.8) is 0 Å². The second-order valence-corrected chi connectivity index (χ2v) is 3.37. The molecule has 3 N–H and O–H groups in total. The van der Waals surface area contributed by atoms with Gasteiger partial charge in [-0.3, -0.25) is 4.79 Å². The van der Waals surface area contributed by atoms with Gasteiger partial charge in [0.1, 0.15) is 5.82 Å². The molecule has 0 heterocycles. The number of hydrogen-bond donors (Lipinski definition) is 2. The summed E-state index contributed by atoms with van der Waals surface area (Å²) in [6.07, 6.45) is 1.13. The van der Waals surface area contributed by atoms with Gasteiger partial charge in [0.25, 0.3) is 0 Å². The maximum atomic E-state index is 12.6. The SMILES string of the molecule is NCCCC(C(=O)O)c1ccc(F)cc1. The number of carboxylic acids is 1. The Labute approximate surface area is 87.7 Å². The lowest BCUT2D eigenvalue weighted by Crippen LogP contribution is -2.13. The molecule has 0 spiro atoms. The van der Waals surface area contributed by atoms with Gasteiger partial charge < -0.3 is 10.8 Å². The van der Waals surface area contributed by atoms with E-state index in [0.717, 1.165) is 0 Å². The van der Waals surface area contributed by atoms with Gasteiger partial charge in [0.2, 0.25) is 0 Å². The first kappa shape index (κ1) is 11.7. The molecule has 0 radical (unpaired) electrons. The van der Waals surface area contributed by atoms with Crippen LogP contribution in [-0.2, 0) is 4.79 Å². The first-order valence-electron chi connectivity index (χ1n) is 4.83. The molecule has 0 aliphatic carbocycles. The summed E-state index contributed by atoms with van der Waals surface area (Å²) in [7, 11) is 0. The molecule has 1 unspecified atom stereocenters. The number of rotatable bonds is 5. The van der Waals surface area contributed by atoms with Crippen LogP contribution in [0.15, 0.2) is 24.3 Å². The third kappa shape index (κ3) is 3.32. The molecule has 3 nitrogen and oxygen atoms in total. The van der Waals surface area contributed by atoms with E-state index < -0.39 is 11.9 Å². The lowest BCUT2D eigenvalue weighted by atomic mass is 9.94. The average Bonchev–Trinajstić information content (AvgIpc) is 2.21. The van der Waals surface area contributed by atoms with Crippen molar-refractivity contribution in [2.24, 2.45) is 5.73 Å². The molecule has 1 aromatic carbocycles. The molecule has 0 bridgehead atoms. The number of nitrogens with two attached hydrogens (primary N) is 1. The van der Waals surface area contributed by atoms with Crippen LogP contribution in [0.25, 0.3) is 0 Å². The van der Waals surface area contributed by atoms with Crippen LogP contribution in [0.4, 0.5) is 4.39 Å². The van der Waals surface area contributed by atoms with Crippen LogP contribution in [0.1, 0.15) is 24.3 Å². The maximum Gasteiger partial charge on any atom is 0.310 e. The molecule has 1 atom stereocenters. The summed E-state index contributed by atoms with van der Waals surface area (Å²) in [4.78, 5) is 11.0. The van der Waals surface area contributed by atoms with E-state index in [1.54, 1.807) is 0 Å². The summed E-state index contributed by atoms with van der Waals surface area (Å²) < 4.78 is 12.6. The van der Waals surface area contributed by atoms with Crippen LogP contribution in [0, 0.1) is 5.82 Å². The maximum absolute atomic E-state index is 12.6. The minimum Gasteiger partial charge on any atom is -0.481 e. The molecule has 82 valence electrons. The summed E-state index contributed by atoms with van der Waals surface area (Å²) >= 11 is 0. The van der Waals surface area contributed by atoms with E-state index >= 15 is 0 Å². The molecule has 0 saturated carbocycles. The zero-order chi connectivity index (χ0) is 11.3. The smallest absolute Gasteiger partial charge is 0.310 e. The van der Waals surface area contributed by atoms with Gasteiger partial charge in [0.15, 0.2) is 0 Å². The molecule has 1 rings (SSSR count). The topological polar surface area (TPSA) is 63.3 Å². The highest BCUT2D eigenvalue weighted by Gasteiger charge is 2.18. The lowest BCUT2D eigenvalue weighted by Gasteiger charge is -2.11. The Bertz CT molecular complexity index is 324. The summed E-state index contributed by atoms with van der Waals surface area (Å²) in [6, 6.07) is 5.55. The molecule has 0 aliphatic rings. The van der Waals surface area contributed by atoms with Crippen LogP contribution >= 0.6 is 0 Å². The Morgan fingerprint density at radius 2 is 2.00 bits per heavy atom. The molecular formula is C11H14FNO2.